The molecule has 1 saturated heterocycles. The molecule has 1 aliphatic carbocycles. The third-order valence-electron chi connectivity index (χ3n) is 4.45. The van der Waals surface area contributed by atoms with Crippen LogP contribution in [0.4, 0.5) is 5.13 Å². The number of hydrogen-bond acceptors (Lipinski definition) is 5. The Balaban J connectivity index is 1.39. The van der Waals surface area contributed by atoms with Crippen molar-refractivity contribution in [1.29, 1.82) is 0 Å². The first-order chi connectivity index (χ1) is 12.1. The van der Waals surface area contributed by atoms with Crippen LogP contribution in [0.25, 0.3) is 0 Å². The minimum Gasteiger partial charge on any atom is -0.298 e. The fourth-order valence-corrected chi connectivity index (χ4v) is 3.61. The molecule has 1 aliphatic heterocycles. The highest BCUT2D eigenvalue weighted by Gasteiger charge is 2.29. The summed E-state index contributed by atoms with van der Waals surface area (Å²) in [5.74, 6) is 0.0814. The van der Waals surface area contributed by atoms with Crippen molar-refractivity contribution in [2.24, 2.45) is 0 Å². The van der Waals surface area contributed by atoms with Crippen molar-refractivity contribution in [2.75, 3.05) is 5.32 Å². The summed E-state index contributed by atoms with van der Waals surface area (Å²) in [6.07, 6.45) is 2.94. The van der Waals surface area contributed by atoms with Crippen molar-refractivity contribution in [3.63, 3.8) is 0 Å². The minimum atomic E-state index is -0.212. The monoisotopic (exact) mass is 355 g/mol. The van der Waals surface area contributed by atoms with Gasteiger partial charge in [0.15, 0.2) is 5.13 Å². The zero-order chi connectivity index (χ0) is 17.4. The molecule has 0 bridgehead atoms. The molecule has 1 N–H and O–H groups in total. The predicted octanol–water partition coefficient (Wildman–Crippen LogP) is 2.92. The Kier molecular flexibility index (Phi) is 4.09. The maximum Gasteiger partial charge on any atom is 0.257 e. The van der Waals surface area contributed by atoms with Crippen LogP contribution in [-0.2, 0) is 16.1 Å². The Bertz CT molecular complexity index is 824. The second-order valence-electron chi connectivity index (χ2n) is 6.38. The lowest BCUT2D eigenvalue weighted by molar-refractivity contribution is -0.139. The molecule has 3 amide bonds. The number of hydrogen-bond donors (Lipinski definition) is 1. The second-order valence-corrected chi connectivity index (χ2v) is 7.23. The van der Waals surface area contributed by atoms with Crippen LogP contribution in [0, 0.1) is 0 Å². The third-order valence-corrected chi connectivity index (χ3v) is 5.23. The maximum atomic E-state index is 12.3. The van der Waals surface area contributed by atoms with Crippen LogP contribution in [-0.4, -0.2) is 27.6 Å². The molecule has 25 heavy (non-hydrogen) atoms. The van der Waals surface area contributed by atoms with Crippen LogP contribution in [0.5, 0.6) is 0 Å². The first-order valence-electron chi connectivity index (χ1n) is 8.29. The SMILES string of the molecule is O=C(Nc1nc(C2CC2)cs1)c1ccc(CN2C(=O)CCC2=O)cc1. The highest BCUT2D eigenvalue weighted by Crippen LogP contribution is 2.40. The minimum absolute atomic E-state index is 0.137. The standard InChI is InChI=1S/C18H17N3O3S/c22-15-7-8-16(23)21(15)9-11-1-3-13(4-2-11)17(24)20-18-19-14(10-25-18)12-5-6-12/h1-4,10,12H,5-9H2,(H,19,20,24). The van der Waals surface area contributed by atoms with Crippen molar-refractivity contribution >= 4 is 34.2 Å². The molecule has 1 aromatic heterocycles. The number of aromatic nitrogens is 1. The summed E-state index contributed by atoms with van der Waals surface area (Å²) >= 11 is 1.44. The molecule has 0 atom stereocenters. The number of likely N-dealkylation sites (tertiary alicyclic amines) is 1. The van der Waals surface area contributed by atoms with Gasteiger partial charge in [0.05, 0.1) is 12.2 Å². The van der Waals surface area contributed by atoms with Crippen LogP contribution >= 0.6 is 11.3 Å². The number of nitrogens with one attached hydrogen (secondary N) is 1. The van der Waals surface area contributed by atoms with Crippen molar-refractivity contribution in [2.45, 2.75) is 38.1 Å². The number of benzene rings is 1. The fraction of sp³-hybridized carbons (Fsp3) is 0.333. The Labute approximate surface area is 148 Å². The van der Waals surface area contributed by atoms with Crippen LogP contribution in [0.3, 0.4) is 0 Å². The van der Waals surface area contributed by atoms with Gasteiger partial charge >= 0.3 is 0 Å². The van der Waals surface area contributed by atoms with E-state index in [4.69, 9.17) is 0 Å². The largest absolute Gasteiger partial charge is 0.298 e. The van der Waals surface area contributed by atoms with Gasteiger partial charge in [-0.15, -0.1) is 11.3 Å². The number of imide groups is 1. The molecule has 2 heterocycles. The van der Waals surface area contributed by atoms with Crippen LogP contribution < -0.4 is 5.32 Å². The van der Waals surface area contributed by atoms with Gasteiger partial charge in [-0.1, -0.05) is 12.1 Å². The van der Waals surface area contributed by atoms with E-state index in [2.05, 4.69) is 10.3 Å². The first kappa shape index (κ1) is 16.0. The van der Waals surface area contributed by atoms with E-state index in [0.717, 1.165) is 11.3 Å². The zero-order valence-electron chi connectivity index (χ0n) is 13.5. The van der Waals surface area contributed by atoms with Gasteiger partial charge in [-0.05, 0) is 30.5 Å². The lowest BCUT2D eigenvalue weighted by atomic mass is 10.1. The van der Waals surface area contributed by atoms with E-state index in [1.54, 1.807) is 24.3 Å². The summed E-state index contributed by atoms with van der Waals surface area (Å²) in [6.45, 7) is 0.261. The molecule has 1 saturated carbocycles. The topological polar surface area (TPSA) is 79.4 Å². The Morgan fingerprint density at radius 2 is 1.84 bits per heavy atom. The Morgan fingerprint density at radius 3 is 2.48 bits per heavy atom. The van der Waals surface area contributed by atoms with E-state index in [0.29, 0.717) is 16.6 Å². The first-order valence-corrected chi connectivity index (χ1v) is 9.17. The highest BCUT2D eigenvalue weighted by molar-refractivity contribution is 7.14. The van der Waals surface area contributed by atoms with Crippen molar-refractivity contribution < 1.29 is 14.4 Å². The molecular weight excluding hydrogens is 338 g/mol. The molecule has 7 heteroatoms. The van der Waals surface area contributed by atoms with Crippen molar-refractivity contribution in [3.05, 3.63) is 46.5 Å². The van der Waals surface area contributed by atoms with Gasteiger partial charge in [-0.2, -0.15) is 0 Å². The van der Waals surface area contributed by atoms with Crippen molar-refractivity contribution in [3.8, 4) is 0 Å². The number of rotatable bonds is 5. The molecule has 0 radical (unpaired) electrons. The molecular formula is C18H17N3O3S. The normalized spacial score (nSPS) is 17.2. The van der Waals surface area contributed by atoms with E-state index >= 15 is 0 Å². The Morgan fingerprint density at radius 1 is 1.16 bits per heavy atom. The second kappa shape index (κ2) is 6.40. The predicted molar refractivity (Wildman–Crippen MR) is 93.3 cm³/mol. The summed E-state index contributed by atoms with van der Waals surface area (Å²) in [5.41, 5.74) is 2.41. The summed E-state index contributed by atoms with van der Waals surface area (Å²) in [6, 6.07) is 6.94. The molecule has 0 spiro atoms. The van der Waals surface area contributed by atoms with Crippen LogP contribution in [0.15, 0.2) is 29.6 Å². The maximum absolute atomic E-state index is 12.3. The van der Waals surface area contributed by atoms with Crippen molar-refractivity contribution in [1.82, 2.24) is 9.88 Å². The average Bonchev–Trinajstić information content (AvgIpc) is 3.29. The molecule has 2 aromatic rings. The van der Waals surface area contributed by atoms with Gasteiger partial charge in [0.1, 0.15) is 0 Å². The number of carbonyl (C=O) groups excluding carboxylic acids is 3. The van der Waals surface area contributed by atoms with E-state index in [9.17, 15) is 14.4 Å². The number of carbonyl (C=O) groups is 3. The van der Waals surface area contributed by atoms with E-state index < -0.39 is 0 Å². The number of anilines is 1. The molecule has 4 rings (SSSR count). The van der Waals surface area contributed by atoms with Gasteiger partial charge in [0, 0.05) is 29.7 Å². The summed E-state index contributed by atoms with van der Waals surface area (Å²) < 4.78 is 0. The molecule has 6 nitrogen and oxygen atoms in total. The average molecular weight is 355 g/mol. The van der Waals surface area contributed by atoms with Gasteiger partial charge in [0.25, 0.3) is 5.91 Å². The van der Waals surface area contributed by atoms with E-state index in [1.165, 1.54) is 29.1 Å². The molecule has 2 aliphatic rings. The molecule has 2 fully saturated rings. The summed E-state index contributed by atoms with van der Waals surface area (Å²) in [5, 5.41) is 5.43. The molecule has 0 unspecified atom stereocenters. The van der Waals surface area contributed by atoms with Gasteiger partial charge in [-0.25, -0.2) is 4.98 Å². The third kappa shape index (κ3) is 3.46. The number of amides is 3. The summed E-state index contributed by atoms with van der Waals surface area (Å²) in [4.78, 5) is 41.3. The van der Waals surface area contributed by atoms with Crippen LogP contribution in [0.1, 0.15) is 53.2 Å². The molecule has 128 valence electrons. The van der Waals surface area contributed by atoms with Gasteiger partial charge in [0.2, 0.25) is 11.8 Å². The molecule has 1 aromatic carbocycles. The quantitative estimate of drug-likeness (QED) is 0.837. The lowest BCUT2D eigenvalue weighted by Crippen LogP contribution is -2.28. The van der Waals surface area contributed by atoms with E-state index in [-0.39, 0.29) is 37.1 Å². The zero-order valence-corrected chi connectivity index (χ0v) is 14.3. The van der Waals surface area contributed by atoms with Gasteiger partial charge in [-0.3, -0.25) is 24.6 Å². The summed E-state index contributed by atoms with van der Waals surface area (Å²) in [7, 11) is 0. The van der Waals surface area contributed by atoms with E-state index in [1.807, 2.05) is 5.38 Å². The number of thiazole rings is 1. The Hall–Kier alpha value is -2.54. The van der Waals surface area contributed by atoms with Gasteiger partial charge < -0.3 is 0 Å². The smallest absolute Gasteiger partial charge is 0.257 e. The highest BCUT2D eigenvalue weighted by atomic mass is 32.1. The fourth-order valence-electron chi connectivity index (χ4n) is 2.82. The van der Waals surface area contributed by atoms with Crippen LogP contribution in [0.2, 0.25) is 0 Å². The number of nitrogens with zero attached hydrogens (tertiary/aromatic N) is 2. The lowest BCUT2D eigenvalue weighted by Gasteiger charge is -2.13.